The van der Waals surface area contributed by atoms with E-state index in [1.807, 2.05) is 60.7 Å². The van der Waals surface area contributed by atoms with Gasteiger partial charge in [0.25, 0.3) is 0 Å². The molecule has 0 saturated carbocycles. The third-order valence-electron chi connectivity index (χ3n) is 4.22. The van der Waals surface area contributed by atoms with Crippen molar-refractivity contribution >= 4 is 5.78 Å². The van der Waals surface area contributed by atoms with Crippen LogP contribution in [0.1, 0.15) is 45.9 Å². The predicted molar refractivity (Wildman–Crippen MR) is 110 cm³/mol. The molecule has 1 nitrogen and oxygen atoms in total. The standard InChI is InChI=1S/C21H17FO.3CH4/c1-16(23)21(17-10-4-2-5-11-17,18-12-6-3-7-13-18)19-14-8-9-15-20(19)22;;;/h2-15H,1H3;3*1H4. The maximum absolute atomic E-state index is 14.7. The minimum Gasteiger partial charge on any atom is -0.298 e. The molecule has 0 spiro atoms. The van der Waals surface area contributed by atoms with Gasteiger partial charge in [-0.3, -0.25) is 4.79 Å². The Morgan fingerprint density at radius 1 is 0.692 bits per heavy atom. The van der Waals surface area contributed by atoms with Crippen molar-refractivity contribution in [1.82, 2.24) is 0 Å². The van der Waals surface area contributed by atoms with Crippen LogP contribution in [0.2, 0.25) is 0 Å². The first kappa shape index (κ1) is 23.3. The van der Waals surface area contributed by atoms with Crippen molar-refractivity contribution in [2.24, 2.45) is 0 Å². The molecule has 0 heterocycles. The minimum absolute atomic E-state index is 0. The van der Waals surface area contributed by atoms with Crippen molar-refractivity contribution in [3.63, 3.8) is 0 Å². The number of halogens is 1. The third-order valence-corrected chi connectivity index (χ3v) is 4.22. The van der Waals surface area contributed by atoms with Crippen molar-refractivity contribution in [3.8, 4) is 0 Å². The fourth-order valence-electron chi connectivity index (χ4n) is 3.22. The van der Waals surface area contributed by atoms with Crippen molar-refractivity contribution < 1.29 is 9.18 Å². The molecular formula is C24H29FO. The first-order chi connectivity index (χ1) is 11.2. The van der Waals surface area contributed by atoms with Gasteiger partial charge in [0.1, 0.15) is 17.0 Å². The van der Waals surface area contributed by atoms with E-state index in [9.17, 15) is 9.18 Å². The Balaban J connectivity index is 0.00000208. The van der Waals surface area contributed by atoms with Crippen LogP contribution < -0.4 is 0 Å². The van der Waals surface area contributed by atoms with Gasteiger partial charge in [-0.15, -0.1) is 0 Å². The van der Waals surface area contributed by atoms with Gasteiger partial charge in [0.2, 0.25) is 0 Å². The Morgan fingerprint density at radius 2 is 1.08 bits per heavy atom. The van der Waals surface area contributed by atoms with Crippen molar-refractivity contribution in [2.45, 2.75) is 34.6 Å². The second kappa shape index (κ2) is 9.67. The number of rotatable bonds is 4. The molecule has 0 amide bonds. The zero-order chi connectivity index (χ0) is 16.3. The lowest BCUT2D eigenvalue weighted by atomic mass is 9.67. The van der Waals surface area contributed by atoms with Crippen LogP contribution in [0.4, 0.5) is 4.39 Å². The number of benzene rings is 3. The molecule has 0 fully saturated rings. The molecule has 0 aliphatic carbocycles. The van der Waals surface area contributed by atoms with Crippen LogP contribution in [0.5, 0.6) is 0 Å². The summed E-state index contributed by atoms with van der Waals surface area (Å²) in [6.07, 6.45) is 0. The van der Waals surface area contributed by atoms with Crippen LogP contribution in [-0.2, 0) is 10.2 Å². The fourth-order valence-corrected chi connectivity index (χ4v) is 3.22. The van der Waals surface area contributed by atoms with Crippen LogP contribution in [0.3, 0.4) is 0 Å². The second-order valence-electron chi connectivity index (χ2n) is 5.52. The molecule has 26 heavy (non-hydrogen) atoms. The molecule has 2 heteroatoms. The van der Waals surface area contributed by atoms with Crippen LogP contribution in [0.25, 0.3) is 0 Å². The van der Waals surface area contributed by atoms with Crippen LogP contribution >= 0.6 is 0 Å². The van der Waals surface area contributed by atoms with E-state index in [-0.39, 0.29) is 33.9 Å². The van der Waals surface area contributed by atoms with Crippen molar-refractivity contribution in [1.29, 1.82) is 0 Å². The molecule has 3 rings (SSSR count). The highest BCUT2D eigenvalue weighted by atomic mass is 19.1. The van der Waals surface area contributed by atoms with E-state index in [1.54, 1.807) is 18.2 Å². The summed E-state index contributed by atoms with van der Waals surface area (Å²) in [4.78, 5) is 12.9. The lowest BCUT2D eigenvalue weighted by Gasteiger charge is -2.33. The molecule has 0 atom stereocenters. The highest BCUT2D eigenvalue weighted by Crippen LogP contribution is 2.41. The average Bonchev–Trinajstić information content (AvgIpc) is 2.59. The second-order valence-corrected chi connectivity index (χ2v) is 5.52. The summed E-state index contributed by atoms with van der Waals surface area (Å²) in [5, 5.41) is 0. The van der Waals surface area contributed by atoms with Crippen molar-refractivity contribution in [2.75, 3.05) is 0 Å². The average molecular weight is 352 g/mol. The van der Waals surface area contributed by atoms with Gasteiger partial charge in [-0.1, -0.05) is 101 Å². The van der Waals surface area contributed by atoms with Gasteiger partial charge in [-0.2, -0.15) is 0 Å². The fraction of sp³-hybridized carbons (Fsp3) is 0.208. The molecular weight excluding hydrogens is 323 g/mol. The number of Topliss-reactive ketones (excluding diaryl/α,β-unsaturated/α-hetero) is 1. The summed E-state index contributed by atoms with van der Waals surface area (Å²) in [6.45, 7) is 1.52. The molecule has 0 saturated heterocycles. The van der Waals surface area contributed by atoms with Crippen molar-refractivity contribution in [3.05, 3.63) is 107 Å². The maximum atomic E-state index is 14.7. The quantitative estimate of drug-likeness (QED) is 0.480. The zero-order valence-corrected chi connectivity index (χ0v) is 12.9. The molecule has 3 aromatic carbocycles. The SMILES string of the molecule is C.C.C.CC(=O)C(c1ccccc1)(c1ccccc1)c1ccccc1F. The van der Waals surface area contributed by atoms with E-state index in [0.717, 1.165) is 11.1 Å². The molecule has 138 valence electrons. The highest BCUT2D eigenvalue weighted by molar-refractivity contribution is 5.96. The molecule has 0 N–H and O–H groups in total. The molecule has 3 aromatic rings. The third kappa shape index (κ3) is 3.75. The number of ketones is 1. The highest BCUT2D eigenvalue weighted by Gasteiger charge is 2.42. The van der Waals surface area contributed by atoms with Gasteiger partial charge in [-0.25, -0.2) is 4.39 Å². The summed E-state index contributed by atoms with van der Waals surface area (Å²) in [6, 6.07) is 25.3. The van der Waals surface area contributed by atoms with E-state index < -0.39 is 5.41 Å². The normalized spacial score (nSPS) is 9.92. The molecule has 0 unspecified atom stereocenters. The van der Waals surface area contributed by atoms with E-state index in [0.29, 0.717) is 5.56 Å². The van der Waals surface area contributed by atoms with Gasteiger partial charge in [0, 0.05) is 5.56 Å². The van der Waals surface area contributed by atoms with E-state index in [2.05, 4.69) is 0 Å². The molecule has 0 aromatic heterocycles. The van der Waals surface area contributed by atoms with Gasteiger partial charge >= 0.3 is 0 Å². The minimum atomic E-state index is -1.14. The van der Waals surface area contributed by atoms with Crippen LogP contribution in [0, 0.1) is 5.82 Å². The smallest absolute Gasteiger partial charge is 0.149 e. The lowest BCUT2D eigenvalue weighted by Crippen LogP contribution is -2.37. The Kier molecular flexibility index (Phi) is 8.65. The summed E-state index contributed by atoms with van der Waals surface area (Å²) in [7, 11) is 0. The first-order valence-electron chi connectivity index (χ1n) is 7.54. The number of hydrogen-bond donors (Lipinski definition) is 0. The number of carbonyl (C=O) groups is 1. The van der Waals surface area contributed by atoms with Gasteiger partial charge < -0.3 is 0 Å². The van der Waals surface area contributed by atoms with Crippen LogP contribution in [0.15, 0.2) is 84.9 Å². The maximum Gasteiger partial charge on any atom is 0.149 e. The zero-order valence-electron chi connectivity index (χ0n) is 12.9. The molecule has 0 aliphatic rings. The number of carbonyl (C=O) groups excluding carboxylic acids is 1. The van der Waals surface area contributed by atoms with Gasteiger partial charge in [-0.05, 0) is 24.1 Å². The van der Waals surface area contributed by atoms with Crippen LogP contribution in [-0.4, -0.2) is 5.78 Å². The van der Waals surface area contributed by atoms with Gasteiger partial charge in [0.05, 0.1) is 0 Å². The number of hydrogen-bond acceptors (Lipinski definition) is 1. The first-order valence-corrected chi connectivity index (χ1v) is 7.54. The van der Waals surface area contributed by atoms with E-state index >= 15 is 0 Å². The Morgan fingerprint density at radius 3 is 1.46 bits per heavy atom. The Bertz CT molecular complexity index is 770. The van der Waals surface area contributed by atoms with E-state index in [1.165, 1.54) is 13.0 Å². The summed E-state index contributed by atoms with van der Waals surface area (Å²) < 4.78 is 14.7. The summed E-state index contributed by atoms with van der Waals surface area (Å²) in [5.41, 5.74) is 0.769. The predicted octanol–water partition coefficient (Wildman–Crippen LogP) is 6.66. The molecule has 0 bridgehead atoms. The lowest BCUT2D eigenvalue weighted by molar-refractivity contribution is -0.120. The van der Waals surface area contributed by atoms with E-state index in [4.69, 9.17) is 0 Å². The summed E-state index contributed by atoms with van der Waals surface area (Å²) >= 11 is 0. The summed E-state index contributed by atoms with van der Waals surface area (Å²) in [5.74, 6) is -0.490. The van der Waals surface area contributed by atoms with Gasteiger partial charge in [0.15, 0.2) is 0 Å². The Labute approximate surface area is 157 Å². The Hall–Kier alpha value is -2.74. The monoisotopic (exact) mass is 352 g/mol. The largest absolute Gasteiger partial charge is 0.298 e. The molecule has 0 radical (unpaired) electrons. The molecule has 0 aliphatic heterocycles. The topological polar surface area (TPSA) is 17.1 Å².